The second-order valence-electron chi connectivity index (χ2n) is 9.44. The van der Waals surface area contributed by atoms with Crippen molar-refractivity contribution in [2.24, 2.45) is 0 Å². The summed E-state index contributed by atoms with van der Waals surface area (Å²) in [6, 6.07) is 31.2. The van der Waals surface area contributed by atoms with E-state index in [2.05, 4.69) is 0 Å². The summed E-state index contributed by atoms with van der Waals surface area (Å²) in [4.78, 5) is 0.212. The molecule has 4 aromatic carbocycles. The Balaban J connectivity index is 1.65. The van der Waals surface area contributed by atoms with Crippen molar-refractivity contribution in [3.8, 4) is 28.1 Å². The van der Waals surface area contributed by atoms with Crippen molar-refractivity contribution in [2.45, 2.75) is 24.7 Å². The third kappa shape index (κ3) is 6.14. The van der Waals surface area contributed by atoms with E-state index in [0.29, 0.717) is 35.5 Å². The molecule has 40 heavy (non-hydrogen) atoms. The number of benzene rings is 4. The van der Waals surface area contributed by atoms with Crippen LogP contribution in [0.4, 0.5) is 4.39 Å². The van der Waals surface area contributed by atoms with Crippen LogP contribution in [0, 0.1) is 5.82 Å². The SMILES string of the molecule is COc1ccc(-c2c(-c3ccc(S(C)(=O)=O)cc3)nn(Cc3ccccc3)c2COCc2ccccc2)cc1F. The second-order valence-corrected chi connectivity index (χ2v) is 11.5. The van der Waals surface area contributed by atoms with E-state index in [1.165, 1.54) is 19.4 Å². The fourth-order valence-electron chi connectivity index (χ4n) is 4.56. The number of hydrogen-bond donors (Lipinski definition) is 0. The predicted molar refractivity (Wildman–Crippen MR) is 153 cm³/mol. The van der Waals surface area contributed by atoms with Crippen molar-refractivity contribution in [3.05, 3.63) is 126 Å². The first-order valence-electron chi connectivity index (χ1n) is 12.7. The molecule has 0 N–H and O–H groups in total. The maximum absolute atomic E-state index is 15.0. The summed E-state index contributed by atoms with van der Waals surface area (Å²) in [6.45, 7) is 1.09. The van der Waals surface area contributed by atoms with Gasteiger partial charge in [0, 0.05) is 17.4 Å². The molecule has 0 aliphatic heterocycles. The van der Waals surface area contributed by atoms with Crippen molar-refractivity contribution in [1.29, 1.82) is 0 Å². The zero-order valence-corrected chi connectivity index (χ0v) is 23.1. The zero-order chi connectivity index (χ0) is 28.1. The summed E-state index contributed by atoms with van der Waals surface area (Å²) in [5.41, 5.74) is 5.46. The third-order valence-corrected chi connectivity index (χ3v) is 7.71. The molecule has 204 valence electrons. The smallest absolute Gasteiger partial charge is 0.175 e. The largest absolute Gasteiger partial charge is 0.494 e. The highest BCUT2D eigenvalue weighted by atomic mass is 32.2. The first kappa shape index (κ1) is 27.3. The van der Waals surface area contributed by atoms with Crippen molar-refractivity contribution in [2.75, 3.05) is 13.4 Å². The summed E-state index contributed by atoms with van der Waals surface area (Å²) in [7, 11) is -1.94. The Morgan fingerprint density at radius 1 is 0.800 bits per heavy atom. The van der Waals surface area contributed by atoms with Gasteiger partial charge in [0.1, 0.15) is 5.69 Å². The Morgan fingerprint density at radius 3 is 2.02 bits per heavy atom. The average molecular weight is 557 g/mol. The van der Waals surface area contributed by atoms with Crippen LogP contribution < -0.4 is 4.74 Å². The van der Waals surface area contributed by atoms with Crippen molar-refractivity contribution < 1.29 is 22.3 Å². The molecular formula is C32H29FN2O4S. The molecule has 0 unspecified atom stereocenters. The van der Waals surface area contributed by atoms with Gasteiger partial charge in [-0.25, -0.2) is 12.8 Å². The van der Waals surface area contributed by atoms with E-state index in [1.807, 2.05) is 65.3 Å². The normalized spacial score (nSPS) is 11.5. The number of sulfone groups is 1. The molecule has 0 atom stereocenters. The molecule has 0 fully saturated rings. The Kier molecular flexibility index (Phi) is 8.09. The van der Waals surface area contributed by atoms with Crippen LogP contribution in [0.25, 0.3) is 22.4 Å². The van der Waals surface area contributed by atoms with E-state index < -0.39 is 15.7 Å². The highest BCUT2D eigenvalue weighted by Crippen LogP contribution is 2.37. The van der Waals surface area contributed by atoms with Gasteiger partial charge in [-0.3, -0.25) is 4.68 Å². The summed E-state index contributed by atoms with van der Waals surface area (Å²) in [5.74, 6) is -0.355. The molecule has 0 bridgehead atoms. The molecule has 0 aliphatic carbocycles. The first-order chi connectivity index (χ1) is 19.3. The third-order valence-electron chi connectivity index (χ3n) is 6.58. The van der Waals surface area contributed by atoms with Crippen LogP contribution in [0.5, 0.6) is 5.75 Å². The van der Waals surface area contributed by atoms with E-state index in [4.69, 9.17) is 14.6 Å². The molecule has 1 heterocycles. The van der Waals surface area contributed by atoms with Crippen molar-refractivity contribution >= 4 is 9.84 Å². The van der Waals surface area contributed by atoms with Crippen molar-refractivity contribution in [1.82, 2.24) is 9.78 Å². The standard InChI is InChI=1S/C32H29FN2O4S/c1-38-30-18-15-26(19-28(30)33)31-29(22-39-21-24-11-7-4-8-12-24)35(20-23-9-5-3-6-10-23)34-32(31)25-13-16-27(17-14-25)40(2,36)37/h3-19H,20-22H2,1-2H3. The highest BCUT2D eigenvalue weighted by molar-refractivity contribution is 7.90. The quantitative estimate of drug-likeness (QED) is 0.196. The fraction of sp³-hybridized carbons (Fsp3) is 0.156. The lowest BCUT2D eigenvalue weighted by Crippen LogP contribution is -2.08. The molecule has 5 rings (SSSR count). The van der Waals surface area contributed by atoms with Gasteiger partial charge >= 0.3 is 0 Å². The monoisotopic (exact) mass is 556 g/mol. The number of methoxy groups -OCH3 is 1. The molecule has 0 amide bonds. The fourth-order valence-corrected chi connectivity index (χ4v) is 5.19. The number of ether oxygens (including phenoxy) is 2. The Hall–Kier alpha value is -4.27. The number of hydrogen-bond acceptors (Lipinski definition) is 5. The predicted octanol–water partition coefficient (Wildman–Crippen LogP) is 6.53. The van der Waals surface area contributed by atoms with Crippen LogP contribution in [0.3, 0.4) is 0 Å². The number of rotatable bonds is 10. The lowest BCUT2D eigenvalue weighted by Gasteiger charge is -2.12. The topological polar surface area (TPSA) is 70.4 Å². The van der Waals surface area contributed by atoms with Gasteiger partial charge in [0.25, 0.3) is 0 Å². The van der Waals surface area contributed by atoms with E-state index in [-0.39, 0.29) is 17.3 Å². The molecule has 0 saturated carbocycles. The molecule has 0 aliphatic rings. The first-order valence-corrected chi connectivity index (χ1v) is 14.6. The lowest BCUT2D eigenvalue weighted by atomic mass is 9.98. The Labute approximate surface area is 233 Å². The van der Waals surface area contributed by atoms with Crippen LogP contribution in [0.2, 0.25) is 0 Å². The maximum Gasteiger partial charge on any atom is 0.175 e. The van der Waals surface area contributed by atoms with Gasteiger partial charge in [0.05, 0.1) is 37.5 Å². The molecule has 0 radical (unpaired) electrons. The second kappa shape index (κ2) is 11.9. The molecular weight excluding hydrogens is 527 g/mol. The minimum Gasteiger partial charge on any atom is -0.494 e. The molecule has 0 saturated heterocycles. The van der Waals surface area contributed by atoms with Crippen molar-refractivity contribution in [3.63, 3.8) is 0 Å². The van der Waals surface area contributed by atoms with E-state index >= 15 is 0 Å². The number of nitrogens with zero attached hydrogens (tertiary/aromatic N) is 2. The Bertz CT molecular complexity index is 1700. The van der Waals surface area contributed by atoms with Gasteiger partial charge in [0.15, 0.2) is 21.4 Å². The maximum atomic E-state index is 15.0. The minimum atomic E-state index is -3.37. The van der Waals surface area contributed by atoms with Crippen LogP contribution in [0.1, 0.15) is 16.8 Å². The summed E-state index contributed by atoms with van der Waals surface area (Å²) in [6.07, 6.45) is 1.17. The molecule has 1 aromatic heterocycles. The average Bonchev–Trinajstić information content (AvgIpc) is 3.31. The zero-order valence-electron chi connectivity index (χ0n) is 22.2. The van der Waals surface area contributed by atoms with Crippen LogP contribution in [-0.2, 0) is 34.3 Å². The van der Waals surface area contributed by atoms with Crippen LogP contribution in [0.15, 0.2) is 108 Å². The van der Waals surface area contributed by atoms with E-state index in [9.17, 15) is 12.8 Å². The van der Waals surface area contributed by atoms with Crippen LogP contribution >= 0.6 is 0 Å². The van der Waals surface area contributed by atoms with Gasteiger partial charge in [-0.15, -0.1) is 0 Å². The van der Waals surface area contributed by atoms with E-state index in [0.717, 1.165) is 16.8 Å². The summed E-state index contributed by atoms with van der Waals surface area (Å²) in [5, 5.41) is 4.98. The van der Waals surface area contributed by atoms with E-state index in [1.54, 1.807) is 36.4 Å². The summed E-state index contributed by atoms with van der Waals surface area (Å²) >= 11 is 0. The molecule has 6 nitrogen and oxygen atoms in total. The van der Waals surface area contributed by atoms with Gasteiger partial charge in [-0.1, -0.05) is 78.9 Å². The number of halogens is 1. The minimum absolute atomic E-state index is 0.140. The van der Waals surface area contributed by atoms with Gasteiger partial charge in [-0.05, 0) is 41.0 Å². The molecule has 0 spiro atoms. The molecule has 5 aromatic rings. The van der Waals surface area contributed by atoms with Gasteiger partial charge in [0.2, 0.25) is 0 Å². The molecule has 8 heteroatoms. The lowest BCUT2D eigenvalue weighted by molar-refractivity contribution is 0.102. The van der Waals surface area contributed by atoms with Gasteiger partial charge < -0.3 is 9.47 Å². The van der Waals surface area contributed by atoms with Crippen LogP contribution in [-0.4, -0.2) is 31.6 Å². The highest BCUT2D eigenvalue weighted by Gasteiger charge is 2.23. The Morgan fingerprint density at radius 2 is 1.43 bits per heavy atom. The van der Waals surface area contributed by atoms with Gasteiger partial charge in [-0.2, -0.15) is 5.10 Å². The number of aromatic nitrogens is 2. The summed E-state index contributed by atoms with van der Waals surface area (Å²) < 4.78 is 52.3.